The number of aliphatic hydroxyl groups excluding tert-OH is 2. The fraction of sp³-hybridized carbons (Fsp3) is 0.535. The molecule has 1 aliphatic heterocycles. The van der Waals surface area contributed by atoms with Gasteiger partial charge in [0, 0.05) is 38.6 Å². The van der Waals surface area contributed by atoms with E-state index in [2.05, 4.69) is 10.6 Å². The van der Waals surface area contributed by atoms with Crippen LogP contribution in [0, 0.1) is 16.7 Å². The number of urea groups is 1. The minimum Gasteiger partial charge on any atom is -0.456 e. The molecule has 59 heavy (non-hydrogen) atoms. The van der Waals surface area contributed by atoms with Crippen molar-refractivity contribution in [1.29, 1.82) is 0 Å². The predicted molar refractivity (Wildman–Crippen MR) is 206 cm³/mol. The molecule has 5 N–H and O–H groups in total. The van der Waals surface area contributed by atoms with Crippen LogP contribution >= 0.6 is 0 Å². The highest BCUT2D eigenvalue weighted by Crippen LogP contribution is 2.64. The predicted octanol–water partition coefficient (Wildman–Crippen LogP) is 2.62. The van der Waals surface area contributed by atoms with Gasteiger partial charge in [0.2, 0.25) is 0 Å². The van der Waals surface area contributed by atoms with Crippen molar-refractivity contribution in [2.75, 3.05) is 13.2 Å². The summed E-state index contributed by atoms with van der Waals surface area (Å²) < 4.78 is 30.1. The molecule has 4 aliphatic rings. The van der Waals surface area contributed by atoms with Crippen molar-refractivity contribution < 1.29 is 67.8 Å². The minimum atomic E-state index is -2.38. The molecular weight excluding hydrogens is 768 g/mol. The van der Waals surface area contributed by atoms with E-state index < -0.39 is 113 Å². The van der Waals surface area contributed by atoms with Crippen LogP contribution < -0.4 is 10.6 Å². The Morgan fingerprint density at radius 3 is 2.12 bits per heavy atom. The van der Waals surface area contributed by atoms with Crippen molar-refractivity contribution in [3.8, 4) is 0 Å². The summed E-state index contributed by atoms with van der Waals surface area (Å²) >= 11 is 0. The monoisotopic (exact) mass is 820 g/mol. The number of aliphatic hydroxyl groups is 3. The number of esters is 4. The number of amides is 2. The van der Waals surface area contributed by atoms with Crippen LogP contribution in [0.1, 0.15) is 83.3 Å². The molecule has 2 amide bonds. The van der Waals surface area contributed by atoms with Gasteiger partial charge in [-0.1, -0.05) is 62.4 Å². The summed E-state index contributed by atoms with van der Waals surface area (Å²) in [6, 6.07) is 14.1. The van der Waals surface area contributed by atoms with E-state index in [9.17, 15) is 39.3 Å². The third-order valence-electron chi connectivity index (χ3n) is 12.8. The van der Waals surface area contributed by atoms with Gasteiger partial charge in [-0.25, -0.2) is 14.4 Å². The Hall–Kier alpha value is -5.16. The highest BCUT2D eigenvalue weighted by molar-refractivity contribution is 5.95. The molecule has 0 radical (unpaired) electrons. The van der Waals surface area contributed by atoms with Gasteiger partial charge in [0.1, 0.15) is 23.9 Å². The average Bonchev–Trinajstić information content (AvgIpc) is 3.18. The molecule has 9 unspecified atom stereocenters. The van der Waals surface area contributed by atoms with E-state index in [1.54, 1.807) is 69.3 Å². The summed E-state index contributed by atoms with van der Waals surface area (Å²) in [5.74, 6) is -6.23. The van der Waals surface area contributed by atoms with Crippen LogP contribution in [0.4, 0.5) is 4.79 Å². The number of ether oxygens (including phenoxy) is 5. The minimum absolute atomic E-state index is 0.0000444. The number of nitrogens with one attached hydrogen (secondary N) is 2. The topological polar surface area (TPSA) is 233 Å². The van der Waals surface area contributed by atoms with Crippen LogP contribution in [0.25, 0.3) is 0 Å². The molecule has 16 heteroatoms. The van der Waals surface area contributed by atoms with E-state index in [1.165, 1.54) is 26.0 Å². The second-order valence-electron chi connectivity index (χ2n) is 16.5. The zero-order valence-corrected chi connectivity index (χ0v) is 34.1. The fourth-order valence-electron chi connectivity index (χ4n) is 9.72. The lowest BCUT2D eigenvalue weighted by atomic mass is 9.44. The Balaban J connectivity index is 1.55. The van der Waals surface area contributed by atoms with Crippen molar-refractivity contribution >= 4 is 35.7 Å². The molecule has 2 aromatic carbocycles. The van der Waals surface area contributed by atoms with Gasteiger partial charge in [-0.05, 0) is 49.6 Å². The van der Waals surface area contributed by atoms with Gasteiger partial charge in [0.25, 0.3) is 0 Å². The van der Waals surface area contributed by atoms with E-state index in [0.717, 1.165) is 13.8 Å². The number of Topliss-reactive ketones (excluding diaryl/α,β-unsaturated/α-hetero) is 1. The van der Waals surface area contributed by atoms with Crippen molar-refractivity contribution in [3.05, 3.63) is 82.9 Å². The smallest absolute Gasteiger partial charge is 0.338 e. The first-order chi connectivity index (χ1) is 27.7. The van der Waals surface area contributed by atoms with Crippen molar-refractivity contribution in [2.24, 2.45) is 16.7 Å². The summed E-state index contributed by atoms with van der Waals surface area (Å²) in [6.45, 7) is 9.90. The van der Waals surface area contributed by atoms with E-state index in [0.29, 0.717) is 5.56 Å². The Morgan fingerprint density at radius 1 is 0.932 bits per heavy atom. The Bertz CT molecular complexity index is 2020. The van der Waals surface area contributed by atoms with Gasteiger partial charge in [0.05, 0.1) is 35.6 Å². The number of carbonyl (C=O) groups excluding carboxylic acids is 6. The Labute approximate surface area is 341 Å². The maximum absolute atomic E-state index is 15.4. The molecule has 1 heterocycles. The molecule has 2 saturated carbocycles. The van der Waals surface area contributed by atoms with Gasteiger partial charge >= 0.3 is 29.9 Å². The molecule has 0 spiro atoms. The third-order valence-corrected chi connectivity index (χ3v) is 12.8. The summed E-state index contributed by atoms with van der Waals surface area (Å²) in [6.07, 6.45) is -10.4. The lowest BCUT2D eigenvalue weighted by Crippen LogP contribution is -2.82. The zero-order chi connectivity index (χ0) is 43.2. The number of hydrogen-bond acceptors (Lipinski definition) is 14. The van der Waals surface area contributed by atoms with Gasteiger partial charge in [-0.2, -0.15) is 0 Å². The highest BCUT2D eigenvalue weighted by Gasteiger charge is 2.78. The normalized spacial score (nSPS) is 32.9. The van der Waals surface area contributed by atoms with E-state index >= 15 is 4.79 Å². The molecule has 318 valence electrons. The summed E-state index contributed by atoms with van der Waals surface area (Å²) in [5.41, 5.74) is -7.23. The van der Waals surface area contributed by atoms with Gasteiger partial charge < -0.3 is 49.6 Å². The Morgan fingerprint density at radius 2 is 1.56 bits per heavy atom. The fourth-order valence-corrected chi connectivity index (χ4v) is 9.72. The largest absolute Gasteiger partial charge is 0.456 e. The average molecular weight is 821 g/mol. The van der Waals surface area contributed by atoms with Crippen LogP contribution in [0.5, 0.6) is 0 Å². The summed E-state index contributed by atoms with van der Waals surface area (Å²) in [4.78, 5) is 82.3. The number of carbonyl (C=O) groups is 6. The zero-order valence-electron chi connectivity index (χ0n) is 34.1. The molecule has 2 aromatic rings. The standard InChI is InChI=1S/C43H52N2O14/c1-8-44-39(53)45-31(25-15-11-9-12-16-25)32(49)38(52)57-27-20-43(54)36(58-37(51)26-17-13-10-14-18-26)34-41(7,28(48)19-29-42(34,21-55-29)59-24(4)47)35(50)33(56-23(3)46)30(22(27)2)40(43,5)6/h9-18,27-29,31-34,36,48-49,54H,8,19-21H2,1-7H3,(H2,44,45,53)/t27?,28?,29?,31?,32?,33?,34?,36?,41-,42+,43?/m1/s1. The van der Waals surface area contributed by atoms with Crippen molar-refractivity contribution in [2.45, 2.75) is 115 Å². The quantitative estimate of drug-likeness (QED) is 0.132. The van der Waals surface area contributed by atoms with Crippen LogP contribution in [0.15, 0.2) is 71.8 Å². The molecular formula is C43H52N2O14. The van der Waals surface area contributed by atoms with Crippen LogP contribution in [0.3, 0.4) is 0 Å². The van der Waals surface area contributed by atoms with E-state index in [4.69, 9.17) is 23.7 Å². The van der Waals surface area contributed by atoms with E-state index in [-0.39, 0.29) is 36.3 Å². The second kappa shape index (κ2) is 16.1. The summed E-state index contributed by atoms with van der Waals surface area (Å²) in [7, 11) is 0. The molecule has 3 fully saturated rings. The first-order valence-corrected chi connectivity index (χ1v) is 19.6. The second-order valence-corrected chi connectivity index (χ2v) is 16.5. The molecule has 0 aromatic heterocycles. The maximum atomic E-state index is 15.4. The first kappa shape index (κ1) is 43.4. The number of rotatable bonds is 10. The molecule has 1 saturated heterocycles. The molecule has 16 nitrogen and oxygen atoms in total. The number of hydrogen-bond donors (Lipinski definition) is 5. The van der Waals surface area contributed by atoms with Gasteiger partial charge in [-0.15, -0.1) is 0 Å². The molecule has 11 atom stereocenters. The van der Waals surface area contributed by atoms with Crippen LogP contribution in [-0.2, 0) is 42.9 Å². The maximum Gasteiger partial charge on any atom is 0.338 e. The molecule has 6 rings (SSSR count). The lowest BCUT2D eigenvalue weighted by Gasteiger charge is -2.67. The number of benzene rings is 2. The van der Waals surface area contributed by atoms with Crippen molar-refractivity contribution in [3.63, 3.8) is 0 Å². The number of fused-ring (bicyclic) bond motifs is 5. The molecule has 2 bridgehead atoms. The van der Waals surface area contributed by atoms with E-state index in [1.807, 2.05) is 0 Å². The van der Waals surface area contributed by atoms with Gasteiger partial charge in [-0.3, -0.25) is 14.4 Å². The van der Waals surface area contributed by atoms with Crippen LogP contribution in [0.2, 0.25) is 0 Å². The highest BCUT2D eigenvalue weighted by atomic mass is 16.6. The molecule has 3 aliphatic carbocycles. The first-order valence-electron chi connectivity index (χ1n) is 19.6. The third kappa shape index (κ3) is 7.29. The Kier molecular flexibility index (Phi) is 11.9. The number of ketones is 1. The SMILES string of the molecule is CCNC(=O)NC(c1ccccc1)C(O)C(=O)OC1CC2(O)C(OC(=O)c3ccccc3)C3[C@]4(OC(C)=O)COC4CC(O)[C@@]3(C)C(=O)C(OC(C)=O)C(=C1C)C2(C)C. The van der Waals surface area contributed by atoms with Crippen molar-refractivity contribution in [1.82, 2.24) is 10.6 Å². The van der Waals surface area contributed by atoms with Crippen LogP contribution in [-0.4, -0.2) is 112 Å². The van der Waals surface area contributed by atoms with Gasteiger partial charge in [0.15, 0.2) is 23.6 Å². The lowest BCUT2D eigenvalue weighted by molar-refractivity contribution is -0.346. The summed E-state index contributed by atoms with van der Waals surface area (Å²) in [5, 5.41) is 42.3.